The molecule has 0 unspecified atom stereocenters. The summed E-state index contributed by atoms with van der Waals surface area (Å²) in [5.74, 6) is -1.41. The first-order valence-corrected chi connectivity index (χ1v) is 11.8. The van der Waals surface area contributed by atoms with Crippen LogP contribution in [0.3, 0.4) is 0 Å². The van der Waals surface area contributed by atoms with Gasteiger partial charge in [-0.3, -0.25) is 9.78 Å². The molecule has 30 heavy (non-hydrogen) atoms. The van der Waals surface area contributed by atoms with Crippen LogP contribution in [0.25, 0.3) is 11.1 Å². The van der Waals surface area contributed by atoms with Gasteiger partial charge < -0.3 is 10.4 Å². The number of hydrogen-bond acceptors (Lipinski definition) is 5. The molecular formula is C18H19Cl3FN3O4S. The van der Waals surface area contributed by atoms with Gasteiger partial charge in [0.1, 0.15) is 11.9 Å². The largest absolute Gasteiger partial charge is 0.386 e. The van der Waals surface area contributed by atoms with Crippen LogP contribution >= 0.6 is 34.8 Å². The first kappa shape index (κ1) is 24.8. The van der Waals surface area contributed by atoms with Crippen molar-refractivity contribution in [3.63, 3.8) is 0 Å². The highest BCUT2D eigenvalue weighted by molar-refractivity contribution is 7.88. The fourth-order valence-corrected chi connectivity index (χ4v) is 3.28. The number of hydrogen-bond donors (Lipinski definition) is 3. The van der Waals surface area contributed by atoms with Crippen molar-refractivity contribution < 1.29 is 22.7 Å². The van der Waals surface area contributed by atoms with Crippen LogP contribution in [0.2, 0.25) is 0 Å². The summed E-state index contributed by atoms with van der Waals surface area (Å²) in [5.41, 5.74) is 1.51. The van der Waals surface area contributed by atoms with Crippen molar-refractivity contribution in [3.05, 3.63) is 53.6 Å². The third-order valence-corrected chi connectivity index (χ3v) is 5.48. The summed E-state index contributed by atoms with van der Waals surface area (Å²) in [5, 5.41) is 12.9. The normalized spacial score (nSPS) is 13.8. The number of carbonyl (C=O) groups excluding carboxylic acids is 1. The summed E-state index contributed by atoms with van der Waals surface area (Å²) in [6.45, 7) is -0.257. The van der Waals surface area contributed by atoms with Gasteiger partial charge in [0.25, 0.3) is 5.91 Å². The third kappa shape index (κ3) is 7.04. The van der Waals surface area contributed by atoms with E-state index in [4.69, 9.17) is 34.8 Å². The van der Waals surface area contributed by atoms with E-state index >= 15 is 0 Å². The topological polar surface area (TPSA) is 108 Å². The molecule has 2 aromatic rings. The number of halogens is 4. The van der Waals surface area contributed by atoms with Gasteiger partial charge in [-0.2, -0.15) is 0 Å². The highest BCUT2D eigenvalue weighted by Crippen LogP contribution is 2.25. The van der Waals surface area contributed by atoms with E-state index in [9.17, 15) is 22.7 Å². The van der Waals surface area contributed by atoms with Gasteiger partial charge in [-0.05, 0) is 17.2 Å². The summed E-state index contributed by atoms with van der Waals surface area (Å²) in [6.07, 6.45) is 1.27. The number of nitrogens with zero attached hydrogens (tertiary/aromatic N) is 1. The molecule has 12 heteroatoms. The molecule has 1 amide bonds. The zero-order valence-corrected chi connectivity index (χ0v) is 18.7. The molecule has 0 aliphatic carbocycles. The lowest BCUT2D eigenvalue weighted by molar-refractivity contribution is -0.120. The second-order valence-electron chi connectivity index (χ2n) is 6.38. The molecule has 2 rings (SSSR count). The molecule has 0 radical (unpaired) electrons. The smallest absolute Gasteiger partial charge is 0.253 e. The Bertz CT molecular complexity index is 991. The van der Waals surface area contributed by atoms with Crippen molar-refractivity contribution in [2.75, 3.05) is 12.1 Å². The first-order chi connectivity index (χ1) is 14.0. The molecule has 0 aliphatic rings. The highest BCUT2D eigenvalue weighted by Gasteiger charge is 2.24. The quantitative estimate of drug-likeness (QED) is 0.460. The van der Waals surface area contributed by atoms with Crippen LogP contribution in [0.4, 0.5) is 4.39 Å². The fraction of sp³-hybridized carbons (Fsp3) is 0.333. The Morgan fingerprint density at radius 1 is 1.23 bits per heavy atom. The van der Waals surface area contributed by atoms with Crippen LogP contribution in [-0.2, 0) is 21.4 Å². The lowest BCUT2D eigenvalue weighted by Gasteiger charge is -2.23. The van der Waals surface area contributed by atoms with Crippen LogP contribution in [0.5, 0.6) is 0 Å². The number of alkyl halides is 3. The van der Waals surface area contributed by atoms with Crippen molar-refractivity contribution >= 4 is 50.7 Å². The van der Waals surface area contributed by atoms with E-state index in [0.717, 1.165) is 6.26 Å². The van der Waals surface area contributed by atoms with Crippen molar-refractivity contribution in [3.8, 4) is 11.1 Å². The molecular weight excluding hydrogens is 480 g/mol. The maximum absolute atomic E-state index is 14.2. The van der Waals surface area contributed by atoms with Gasteiger partial charge in [0.15, 0.2) is 4.84 Å². The van der Waals surface area contributed by atoms with E-state index in [-0.39, 0.29) is 18.1 Å². The summed E-state index contributed by atoms with van der Waals surface area (Å²) >= 11 is 16.8. The third-order valence-electron chi connectivity index (χ3n) is 4.08. The predicted octanol–water partition coefficient (Wildman–Crippen LogP) is 2.50. The van der Waals surface area contributed by atoms with E-state index in [1.165, 1.54) is 12.3 Å². The Labute approximate surface area is 188 Å². The number of carbonyl (C=O) groups is 1. The average molecular weight is 499 g/mol. The average Bonchev–Trinajstić information content (AvgIpc) is 2.69. The second kappa shape index (κ2) is 10.7. The van der Waals surface area contributed by atoms with Gasteiger partial charge in [-0.15, -0.1) is 11.6 Å². The number of nitrogens with one attached hydrogen (secondary N) is 2. The number of aromatic nitrogens is 1. The Morgan fingerprint density at radius 2 is 1.87 bits per heavy atom. The van der Waals surface area contributed by atoms with Gasteiger partial charge >= 0.3 is 0 Å². The number of pyridine rings is 1. The fourth-order valence-electron chi connectivity index (χ4n) is 2.51. The van der Waals surface area contributed by atoms with Crippen molar-refractivity contribution in [1.29, 1.82) is 0 Å². The van der Waals surface area contributed by atoms with E-state index < -0.39 is 38.7 Å². The highest BCUT2D eigenvalue weighted by atomic mass is 35.5. The molecule has 0 saturated heterocycles. The number of sulfonamides is 1. The van der Waals surface area contributed by atoms with E-state index in [1.54, 1.807) is 24.3 Å². The molecule has 0 spiro atoms. The minimum Gasteiger partial charge on any atom is -0.386 e. The SMILES string of the molecule is CS(=O)(=O)NCc1ncc(-c2ccc([C@@H](O)[C@@H](CCl)NC(=O)C(Cl)Cl)cc2)cc1F. The van der Waals surface area contributed by atoms with Crippen LogP contribution in [0.15, 0.2) is 36.5 Å². The maximum atomic E-state index is 14.2. The Hall–Kier alpha value is -1.49. The Morgan fingerprint density at radius 3 is 2.37 bits per heavy atom. The number of aliphatic hydroxyl groups excluding tert-OH is 1. The Kier molecular flexibility index (Phi) is 8.84. The van der Waals surface area contributed by atoms with Gasteiger partial charge in [-0.1, -0.05) is 47.5 Å². The summed E-state index contributed by atoms with van der Waals surface area (Å²) in [6, 6.07) is 6.90. The predicted molar refractivity (Wildman–Crippen MR) is 114 cm³/mol. The molecule has 2 atom stereocenters. The number of benzene rings is 1. The molecule has 164 valence electrons. The molecule has 1 heterocycles. The molecule has 1 aromatic heterocycles. The zero-order chi connectivity index (χ0) is 22.5. The molecule has 0 saturated carbocycles. The molecule has 1 aromatic carbocycles. The lowest BCUT2D eigenvalue weighted by atomic mass is 9.99. The molecule has 3 N–H and O–H groups in total. The number of rotatable bonds is 9. The second-order valence-corrected chi connectivity index (χ2v) is 9.62. The van der Waals surface area contributed by atoms with Gasteiger partial charge in [0.2, 0.25) is 10.0 Å². The van der Waals surface area contributed by atoms with E-state index in [1.807, 2.05) is 0 Å². The number of aliphatic hydroxyl groups is 1. The maximum Gasteiger partial charge on any atom is 0.253 e. The first-order valence-electron chi connectivity index (χ1n) is 8.53. The molecule has 0 aliphatic heterocycles. The monoisotopic (exact) mass is 497 g/mol. The van der Waals surface area contributed by atoms with Gasteiger partial charge in [0, 0.05) is 17.6 Å². The van der Waals surface area contributed by atoms with Crippen molar-refractivity contribution in [1.82, 2.24) is 15.0 Å². The Balaban J connectivity index is 2.14. The minimum atomic E-state index is -3.47. The van der Waals surface area contributed by atoms with Crippen molar-refractivity contribution in [2.45, 2.75) is 23.5 Å². The standard InChI is InChI=1S/C18H19Cl3FN3O4S/c1-30(28,29)24-9-15-13(22)6-12(8-23-15)10-2-4-11(5-3-10)16(26)14(7-19)25-18(27)17(20)21/h2-6,8,14,16-17,24,26H,7,9H2,1H3,(H,25,27)/t14-,16-/m1/s1. The van der Waals surface area contributed by atoms with Crippen LogP contribution in [0, 0.1) is 5.82 Å². The molecule has 0 fully saturated rings. The zero-order valence-electron chi connectivity index (χ0n) is 15.6. The molecule has 0 bridgehead atoms. The van der Waals surface area contributed by atoms with Gasteiger partial charge in [-0.25, -0.2) is 17.5 Å². The minimum absolute atomic E-state index is 0.0335. The van der Waals surface area contributed by atoms with E-state index in [0.29, 0.717) is 16.7 Å². The van der Waals surface area contributed by atoms with E-state index in [2.05, 4.69) is 15.0 Å². The number of amides is 1. The van der Waals surface area contributed by atoms with Crippen LogP contribution in [0.1, 0.15) is 17.4 Å². The van der Waals surface area contributed by atoms with Crippen LogP contribution < -0.4 is 10.0 Å². The lowest BCUT2D eigenvalue weighted by Crippen LogP contribution is -2.43. The van der Waals surface area contributed by atoms with Crippen LogP contribution in [-0.4, -0.2) is 47.4 Å². The van der Waals surface area contributed by atoms with Crippen molar-refractivity contribution in [2.24, 2.45) is 0 Å². The summed E-state index contributed by atoms with van der Waals surface area (Å²) in [7, 11) is -3.47. The molecule has 7 nitrogen and oxygen atoms in total. The summed E-state index contributed by atoms with van der Waals surface area (Å²) in [4.78, 5) is 14.3. The summed E-state index contributed by atoms with van der Waals surface area (Å²) < 4.78 is 38.7. The van der Waals surface area contributed by atoms with Gasteiger partial charge in [0.05, 0.1) is 24.5 Å².